The summed E-state index contributed by atoms with van der Waals surface area (Å²) in [5.41, 5.74) is -2.22. The molecule has 0 saturated carbocycles. The molecule has 11 heteroatoms. The predicted molar refractivity (Wildman–Crippen MR) is 111 cm³/mol. The summed E-state index contributed by atoms with van der Waals surface area (Å²) in [6.07, 6.45) is -2.95. The van der Waals surface area contributed by atoms with Gasteiger partial charge >= 0.3 is 0 Å². The van der Waals surface area contributed by atoms with Crippen molar-refractivity contribution in [3.8, 4) is 0 Å². The Labute approximate surface area is 183 Å². The molecule has 1 atom stereocenters. The second kappa shape index (κ2) is 9.91. The van der Waals surface area contributed by atoms with Gasteiger partial charge in [0.1, 0.15) is 5.60 Å². The van der Waals surface area contributed by atoms with Crippen molar-refractivity contribution in [1.29, 1.82) is 0 Å². The summed E-state index contributed by atoms with van der Waals surface area (Å²) in [7, 11) is -4.19. The highest BCUT2D eigenvalue weighted by Gasteiger charge is 2.42. The van der Waals surface area contributed by atoms with Gasteiger partial charge in [-0.1, -0.05) is 23.2 Å². The Kier molecular flexibility index (Phi) is 8.32. The van der Waals surface area contributed by atoms with E-state index in [1.807, 2.05) is 24.3 Å². The van der Waals surface area contributed by atoms with Gasteiger partial charge in [-0.2, -0.15) is 4.31 Å². The monoisotopic (exact) mass is 485 g/mol. The number of sulfonamides is 1. The first-order valence-corrected chi connectivity index (χ1v) is 11.0. The van der Waals surface area contributed by atoms with E-state index < -0.39 is 39.1 Å². The summed E-state index contributed by atoms with van der Waals surface area (Å²) >= 11 is 15.3. The van der Waals surface area contributed by atoms with E-state index in [9.17, 15) is 22.3 Å². The summed E-state index contributed by atoms with van der Waals surface area (Å²) in [4.78, 5) is 0.401. The normalized spacial score (nSPS) is 19.9. The van der Waals surface area contributed by atoms with Gasteiger partial charge in [0.05, 0.1) is 11.5 Å². The fourth-order valence-electron chi connectivity index (χ4n) is 2.66. The van der Waals surface area contributed by atoms with Gasteiger partial charge in [0.25, 0.3) is 6.43 Å². The average molecular weight is 486 g/mol. The number of halogens is 4. The lowest BCUT2D eigenvalue weighted by Crippen LogP contribution is -2.39. The van der Waals surface area contributed by atoms with E-state index in [2.05, 4.69) is 12.6 Å². The molecule has 1 fully saturated rings. The van der Waals surface area contributed by atoms with Crippen molar-refractivity contribution < 1.29 is 27.4 Å². The fourth-order valence-corrected chi connectivity index (χ4v) is 4.82. The number of alkyl halides is 2. The first-order valence-electron chi connectivity index (χ1n) is 8.34. The molecular weight excluding hydrogens is 467 g/mol. The van der Waals surface area contributed by atoms with Gasteiger partial charge in [-0.15, -0.1) is 12.6 Å². The Balaban J connectivity index is 0.000000313. The van der Waals surface area contributed by atoms with Crippen molar-refractivity contribution in [3.05, 3.63) is 58.1 Å². The molecule has 3 rings (SSSR count). The van der Waals surface area contributed by atoms with Crippen LogP contribution in [0.15, 0.2) is 52.3 Å². The summed E-state index contributed by atoms with van der Waals surface area (Å²) in [6.45, 7) is -0.983. The van der Waals surface area contributed by atoms with Crippen LogP contribution in [0.5, 0.6) is 0 Å². The van der Waals surface area contributed by atoms with E-state index in [1.54, 1.807) is 0 Å². The first-order chi connectivity index (χ1) is 13.5. The Hall–Kier alpha value is -0.940. The van der Waals surface area contributed by atoms with Gasteiger partial charge in [0.2, 0.25) is 10.0 Å². The average Bonchev–Trinajstić information content (AvgIpc) is 3.08. The number of β-amino-alcohol motifs (C(OH)–C–C–N with tert-alkyl or cyclic N) is 1. The lowest BCUT2D eigenvalue weighted by Gasteiger charge is -2.21. The number of aliphatic hydroxyl groups is 2. The summed E-state index contributed by atoms with van der Waals surface area (Å²) in [6, 6.07) is 10.5. The van der Waals surface area contributed by atoms with Gasteiger partial charge in [-0.3, -0.25) is 0 Å². The SMILES string of the molecule is O=S(=O)(c1ccc(Cl)cc1C(F)F)N1CCC(O)(CO)C1.Sc1ccc(Cl)cc1. The minimum atomic E-state index is -4.19. The molecule has 5 nitrogen and oxygen atoms in total. The molecule has 0 aromatic heterocycles. The van der Waals surface area contributed by atoms with Crippen LogP contribution in [0.3, 0.4) is 0 Å². The number of aliphatic hydroxyl groups excluding tert-OH is 1. The largest absolute Gasteiger partial charge is 0.393 e. The van der Waals surface area contributed by atoms with E-state index in [-0.39, 0.29) is 24.5 Å². The lowest BCUT2D eigenvalue weighted by molar-refractivity contribution is -0.000741. The van der Waals surface area contributed by atoms with Crippen LogP contribution >= 0.6 is 35.8 Å². The number of hydrogen-bond donors (Lipinski definition) is 3. The van der Waals surface area contributed by atoms with Crippen molar-refractivity contribution in [3.63, 3.8) is 0 Å². The minimum Gasteiger partial charge on any atom is -0.393 e. The molecule has 1 saturated heterocycles. The maximum absolute atomic E-state index is 13.0. The molecule has 2 N–H and O–H groups in total. The van der Waals surface area contributed by atoms with Crippen molar-refractivity contribution >= 4 is 45.9 Å². The highest BCUT2D eigenvalue weighted by molar-refractivity contribution is 7.89. The van der Waals surface area contributed by atoms with Crippen LogP contribution in [-0.4, -0.2) is 48.2 Å². The van der Waals surface area contributed by atoms with Gasteiger partial charge in [0.15, 0.2) is 0 Å². The topological polar surface area (TPSA) is 77.8 Å². The Morgan fingerprint density at radius 3 is 2.21 bits per heavy atom. The third kappa shape index (κ3) is 6.27. The maximum Gasteiger partial charge on any atom is 0.265 e. The molecule has 1 heterocycles. The second-order valence-electron chi connectivity index (χ2n) is 6.43. The zero-order chi connectivity index (χ0) is 21.8. The lowest BCUT2D eigenvalue weighted by atomic mass is 10.1. The predicted octanol–water partition coefficient (Wildman–Crippen LogP) is 4.02. The van der Waals surface area contributed by atoms with Crippen LogP contribution in [0.25, 0.3) is 0 Å². The Morgan fingerprint density at radius 1 is 1.14 bits per heavy atom. The Morgan fingerprint density at radius 2 is 1.72 bits per heavy atom. The van der Waals surface area contributed by atoms with Crippen LogP contribution in [0.2, 0.25) is 10.0 Å². The third-order valence-electron chi connectivity index (χ3n) is 4.24. The molecule has 2 aromatic rings. The van der Waals surface area contributed by atoms with Crippen LogP contribution in [0, 0.1) is 0 Å². The fraction of sp³-hybridized carbons (Fsp3) is 0.333. The third-order valence-corrected chi connectivity index (χ3v) is 6.95. The van der Waals surface area contributed by atoms with E-state index in [0.29, 0.717) is 0 Å². The van der Waals surface area contributed by atoms with Crippen LogP contribution in [-0.2, 0) is 10.0 Å². The molecule has 0 spiro atoms. The molecule has 0 amide bonds. The molecule has 29 heavy (non-hydrogen) atoms. The summed E-state index contributed by atoms with van der Waals surface area (Å²) in [5, 5.41) is 19.7. The molecule has 0 bridgehead atoms. The van der Waals surface area contributed by atoms with Gasteiger partial charge < -0.3 is 10.2 Å². The van der Waals surface area contributed by atoms with E-state index >= 15 is 0 Å². The number of hydrogen-bond acceptors (Lipinski definition) is 5. The van der Waals surface area contributed by atoms with Crippen molar-refractivity contribution in [1.82, 2.24) is 4.31 Å². The molecular formula is C18H19Cl2F2NO4S2. The van der Waals surface area contributed by atoms with Crippen molar-refractivity contribution in [2.24, 2.45) is 0 Å². The summed E-state index contributed by atoms with van der Waals surface area (Å²) in [5.74, 6) is 0. The number of benzene rings is 2. The zero-order valence-corrected chi connectivity index (χ0v) is 18.2. The van der Waals surface area contributed by atoms with Crippen LogP contribution < -0.4 is 0 Å². The van der Waals surface area contributed by atoms with Crippen molar-refractivity contribution in [2.75, 3.05) is 19.7 Å². The molecule has 0 aliphatic carbocycles. The van der Waals surface area contributed by atoms with Crippen molar-refractivity contribution in [2.45, 2.75) is 28.2 Å². The zero-order valence-electron chi connectivity index (χ0n) is 15.0. The smallest absolute Gasteiger partial charge is 0.265 e. The second-order valence-corrected chi connectivity index (χ2v) is 9.73. The van der Waals surface area contributed by atoms with E-state index in [1.165, 1.54) is 6.07 Å². The quantitative estimate of drug-likeness (QED) is 0.571. The standard InChI is InChI=1S/C12H14ClF2NO4S.C6H5ClS/c13-8-1-2-10(9(5-8)11(14)15)21(19,20)16-4-3-12(18,6-16)7-17;7-5-1-3-6(8)4-2-5/h1-2,5,11,17-18H,3-4,6-7H2;1-4,8H. The number of rotatable bonds is 4. The number of thiol groups is 1. The van der Waals surface area contributed by atoms with Crippen LogP contribution in [0.1, 0.15) is 18.4 Å². The minimum absolute atomic E-state index is 0.0116. The maximum atomic E-state index is 13.0. The molecule has 2 aromatic carbocycles. The molecule has 0 radical (unpaired) electrons. The highest BCUT2D eigenvalue weighted by atomic mass is 35.5. The van der Waals surface area contributed by atoms with Gasteiger partial charge in [-0.05, 0) is 48.9 Å². The molecule has 160 valence electrons. The van der Waals surface area contributed by atoms with Gasteiger partial charge in [0, 0.05) is 33.6 Å². The van der Waals surface area contributed by atoms with E-state index in [4.69, 9.17) is 28.3 Å². The van der Waals surface area contributed by atoms with E-state index in [0.717, 1.165) is 26.4 Å². The van der Waals surface area contributed by atoms with Gasteiger partial charge in [-0.25, -0.2) is 17.2 Å². The first kappa shape index (κ1) is 24.3. The molecule has 1 aliphatic rings. The highest BCUT2D eigenvalue weighted by Crippen LogP contribution is 2.33. The Bertz CT molecular complexity index is 924. The van der Waals surface area contributed by atoms with Crippen LogP contribution in [0.4, 0.5) is 8.78 Å². The summed E-state index contributed by atoms with van der Waals surface area (Å²) < 4.78 is 51.8. The molecule has 1 aliphatic heterocycles. The number of nitrogens with zero attached hydrogens (tertiary/aromatic N) is 1. The molecule has 1 unspecified atom stereocenters.